The van der Waals surface area contributed by atoms with Crippen LogP contribution < -0.4 is 5.48 Å². The topological polar surface area (TPSA) is 109 Å². The molecular formula is C10H13N3O6. The zero-order chi connectivity index (χ0) is 14.4. The molecule has 19 heavy (non-hydrogen) atoms. The second-order valence-electron chi connectivity index (χ2n) is 3.15. The molecule has 0 unspecified atom stereocenters. The molecule has 9 nitrogen and oxygen atoms in total. The van der Waals surface area contributed by atoms with Crippen molar-refractivity contribution in [2.24, 2.45) is 0 Å². The van der Waals surface area contributed by atoms with Gasteiger partial charge in [-0.05, 0) is 6.92 Å². The van der Waals surface area contributed by atoms with Crippen LogP contribution in [0.3, 0.4) is 0 Å². The molecule has 0 aromatic carbocycles. The van der Waals surface area contributed by atoms with Crippen molar-refractivity contribution in [1.82, 2.24) is 15.3 Å². The largest absolute Gasteiger partial charge is 0.461 e. The number of nitrogens with one attached hydrogen (secondary N) is 1. The average molecular weight is 271 g/mol. The Hall–Kier alpha value is -2.42. The summed E-state index contributed by atoms with van der Waals surface area (Å²) in [6.07, 6.45) is -0.920. The normalized spacial score (nSPS) is 9.84. The van der Waals surface area contributed by atoms with Gasteiger partial charge in [-0.2, -0.15) is 9.78 Å². The summed E-state index contributed by atoms with van der Waals surface area (Å²) >= 11 is 0. The number of rotatable bonds is 4. The zero-order valence-electron chi connectivity index (χ0n) is 10.6. The summed E-state index contributed by atoms with van der Waals surface area (Å²) in [4.78, 5) is 39.0. The smallest absolute Gasteiger partial charge is 0.435 e. The Kier molecular flexibility index (Phi) is 5.01. The maximum Gasteiger partial charge on any atom is 0.435 e. The van der Waals surface area contributed by atoms with Crippen molar-refractivity contribution in [3.8, 4) is 0 Å². The van der Waals surface area contributed by atoms with Crippen LogP contribution in [0.5, 0.6) is 0 Å². The van der Waals surface area contributed by atoms with Crippen molar-refractivity contribution in [1.29, 1.82) is 0 Å². The Balaban J connectivity index is 3.16. The number of carbonyl (C=O) groups excluding carboxylic acids is 3. The number of hydrogen-bond acceptors (Lipinski definition) is 7. The number of methoxy groups -OCH3 is 1. The van der Waals surface area contributed by atoms with Crippen molar-refractivity contribution in [3.05, 3.63) is 17.5 Å². The molecule has 104 valence electrons. The molecule has 0 saturated carbocycles. The van der Waals surface area contributed by atoms with E-state index in [1.54, 1.807) is 6.92 Å². The lowest BCUT2D eigenvalue weighted by Crippen LogP contribution is -2.27. The highest BCUT2D eigenvalue weighted by Gasteiger charge is 2.24. The molecule has 0 saturated heterocycles. The Labute approximate surface area is 108 Å². The molecule has 0 spiro atoms. The Morgan fingerprint density at radius 2 is 2.05 bits per heavy atom. The Bertz CT molecular complexity index is 495. The highest BCUT2D eigenvalue weighted by molar-refractivity contribution is 5.98. The fourth-order valence-electron chi connectivity index (χ4n) is 1.22. The van der Waals surface area contributed by atoms with E-state index in [4.69, 9.17) is 4.74 Å². The molecule has 1 aromatic heterocycles. The molecule has 0 aliphatic rings. The van der Waals surface area contributed by atoms with Crippen LogP contribution >= 0.6 is 0 Å². The summed E-state index contributed by atoms with van der Waals surface area (Å²) in [5.74, 6) is -1.51. The first-order valence-corrected chi connectivity index (χ1v) is 5.24. The van der Waals surface area contributed by atoms with Gasteiger partial charge in [0.1, 0.15) is 5.69 Å². The van der Waals surface area contributed by atoms with Gasteiger partial charge >= 0.3 is 12.1 Å². The van der Waals surface area contributed by atoms with Crippen LogP contribution in [0.1, 0.15) is 27.9 Å². The van der Waals surface area contributed by atoms with Gasteiger partial charge in [-0.1, -0.05) is 0 Å². The van der Waals surface area contributed by atoms with E-state index in [0.29, 0.717) is 4.68 Å². The second kappa shape index (κ2) is 6.50. The maximum atomic E-state index is 11.6. The average Bonchev–Trinajstić information content (AvgIpc) is 2.83. The summed E-state index contributed by atoms with van der Waals surface area (Å²) in [6, 6.07) is 1.10. The van der Waals surface area contributed by atoms with Crippen molar-refractivity contribution in [2.75, 3.05) is 20.8 Å². The molecule has 0 aliphatic carbocycles. The van der Waals surface area contributed by atoms with E-state index >= 15 is 0 Å². The van der Waals surface area contributed by atoms with Crippen LogP contribution in [-0.2, 0) is 14.3 Å². The molecule has 1 aromatic rings. The lowest BCUT2D eigenvalue weighted by Gasteiger charge is -2.03. The van der Waals surface area contributed by atoms with Crippen LogP contribution in [0.4, 0.5) is 4.79 Å². The molecule has 0 aliphatic heterocycles. The number of carbonyl (C=O) groups is 3. The quantitative estimate of drug-likeness (QED) is 0.604. The molecule has 1 rings (SSSR count). The van der Waals surface area contributed by atoms with Gasteiger partial charge in [0, 0.05) is 6.07 Å². The van der Waals surface area contributed by atoms with E-state index in [1.165, 1.54) is 7.11 Å². The summed E-state index contributed by atoms with van der Waals surface area (Å²) in [6.45, 7) is 1.76. The molecular weight excluding hydrogens is 258 g/mol. The number of esters is 1. The molecule has 1 amide bonds. The lowest BCUT2D eigenvalue weighted by atomic mass is 10.3. The second-order valence-corrected chi connectivity index (χ2v) is 3.15. The maximum absolute atomic E-state index is 11.6. The SMILES string of the molecule is CCOC(=O)c1cc(C(=O)NOC)n(C(=O)OC)n1. The van der Waals surface area contributed by atoms with Crippen LogP contribution in [0.2, 0.25) is 0 Å². The molecule has 1 N–H and O–H groups in total. The summed E-state index contributed by atoms with van der Waals surface area (Å²) in [5, 5.41) is 3.65. The van der Waals surface area contributed by atoms with Gasteiger partial charge in [0.2, 0.25) is 0 Å². The highest BCUT2D eigenvalue weighted by atomic mass is 16.6. The lowest BCUT2D eigenvalue weighted by molar-refractivity contribution is 0.0516. The van der Waals surface area contributed by atoms with Gasteiger partial charge < -0.3 is 9.47 Å². The predicted molar refractivity (Wildman–Crippen MR) is 60.5 cm³/mol. The van der Waals surface area contributed by atoms with Gasteiger partial charge in [0.15, 0.2) is 5.69 Å². The third kappa shape index (κ3) is 3.28. The minimum absolute atomic E-state index is 0.142. The number of amides is 1. The Morgan fingerprint density at radius 1 is 1.37 bits per heavy atom. The first kappa shape index (κ1) is 14.6. The van der Waals surface area contributed by atoms with Gasteiger partial charge in [0.05, 0.1) is 20.8 Å². The first-order chi connectivity index (χ1) is 9.04. The summed E-state index contributed by atoms with van der Waals surface area (Å²) < 4.78 is 9.81. The van der Waals surface area contributed by atoms with Gasteiger partial charge in [-0.25, -0.2) is 15.1 Å². The minimum atomic E-state index is -0.920. The van der Waals surface area contributed by atoms with Crippen molar-refractivity contribution >= 4 is 18.0 Å². The number of ether oxygens (including phenoxy) is 2. The number of nitrogens with zero attached hydrogens (tertiary/aromatic N) is 2. The van der Waals surface area contributed by atoms with Crippen LogP contribution in [0.15, 0.2) is 6.07 Å². The van der Waals surface area contributed by atoms with Crippen LogP contribution in [-0.4, -0.2) is 48.6 Å². The third-order valence-corrected chi connectivity index (χ3v) is 1.97. The van der Waals surface area contributed by atoms with E-state index in [-0.39, 0.29) is 18.0 Å². The van der Waals surface area contributed by atoms with E-state index in [1.807, 2.05) is 5.48 Å². The number of aromatic nitrogens is 2. The first-order valence-electron chi connectivity index (χ1n) is 5.24. The fourth-order valence-corrected chi connectivity index (χ4v) is 1.22. The molecule has 0 bridgehead atoms. The highest BCUT2D eigenvalue weighted by Crippen LogP contribution is 2.07. The minimum Gasteiger partial charge on any atom is -0.461 e. The fraction of sp³-hybridized carbons (Fsp3) is 0.400. The van der Waals surface area contributed by atoms with Gasteiger partial charge in [-0.15, -0.1) is 0 Å². The van der Waals surface area contributed by atoms with Crippen molar-refractivity contribution in [3.63, 3.8) is 0 Å². The number of hydroxylamine groups is 1. The summed E-state index contributed by atoms with van der Waals surface area (Å²) in [5.41, 5.74) is 1.61. The molecule has 0 fully saturated rings. The molecule has 9 heteroatoms. The van der Waals surface area contributed by atoms with Gasteiger partial charge in [-0.3, -0.25) is 9.63 Å². The van der Waals surface area contributed by atoms with Gasteiger partial charge in [0.25, 0.3) is 5.91 Å². The molecule has 0 radical (unpaired) electrons. The standard InChI is InChI=1S/C10H13N3O6/c1-4-19-9(15)6-5-7(8(14)12-18-3)13(11-6)10(16)17-2/h5H,4H2,1-3H3,(H,12,14). The summed E-state index contributed by atoms with van der Waals surface area (Å²) in [7, 11) is 2.34. The monoisotopic (exact) mass is 271 g/mol. The van der Waals surface area contributed by atoms with E-state index in [2.05, 4.69) is 14.7 Å². The van der Waals surface area contributed by atoms with Crippen molar-refractivity contribution < 1.29 is 28.7 Å². The van der Waals surface area contributed by atoms with Crippen LogP contribution in [0, 0.1) is 0 Å². The van der Waals surface area contributed by atoms with E-state index in [9.17, 15) is 14.4 Å². The zero-order valence-corrected chi connectivity index (χ0v) is 10.6. The Morgan fingerprint density at radius 3 is 2.58 bits per heavy atom. The third-order valence-electron chi connectivity index (χ3n) is 1.97. The van der Waals surface area contributed by atoms with Crippen LogP contribution in [0.25, 0.3) is 0 Å². The van der Waals surface area contributed by atoms with Crippen molar-refractivity contribution in [2.45, 2.75) is 6.92 Å². The van der Waals surface area contributed by atoms with E-state index < -0.39 is 18.0 Å². The predicted octanol–water partition coefficient (Wildman–Crippen LogP) is -0.0345. The molecule has 1 heterocycles. The van der Waals surface area contributed by atoms with E-state index in [0.717, 1.165) is 13.2 Å². The molecule has 0 atom stereocenters. The number of hydrogen-bond donors (Lipinski definition) is 1.